The van der Waals surface area contributed by atoms with Crippen LogP contribution in [-0.4, -0.2) is 4.98 Å². The van der Waals surface area contributed by atoms with Gasteiger partial charge < -0.3 is 4.98 Å². The predicted molar refractivity (Wildman–Crippen MR) is 89.4 cm³/mol. The number of hydrogen-bond acceptors (Lipinski definition) is 1. The maximum atomic E-state index is 12.7. The van der Waals surface area contributed by atoms with E-state index in [1.54, 1.807) is 6.07 Å². The standard InChI is InChI=1S/C18H22ClNO/c1-2-3-4-6-12-7-5-8-15-17(12)20-16-11-13(19)9-10-14(16)18(15)21/h9-12H,2-8H2,1H3,(H,20,21)/t12-/m0/s1. The summed E-state index contributed by atoms with van der Waals surface area (Å²) in [4.78, 5) is 16.2. The van der Waals surface area contributed by atoms with Crippen LogP contribution in [0.1, 0.15) is 62.6 Å². The van der Waals surface area contributed by atoms with Gasteiger partial charge >= 0.3 is 0 Å². The summed E-state index contributed by atoms with van der Waals surface area (Å²) < 4.78 is 0. The minimum Gasteiger partial charge on any atom is -0.358 e. The van der Waals surface area contributed by atoms with Crippen LogP contribution < -0.4 is 5.43 Å². The predicted octanol–water partition coefficient (Wildman–Crippen LogP) is 5.18. The molecule has 0 aliphatic heterocycles. The molecule has 1 heterocycles. The van der Waals surface area contributed by atoms with Crippen LogP contribution in [-0.2, 0) is 6.42 Å². The summed E-state index contributed by atoms with van der Waals surface area (Å²) in [5.41, 5.74) is 3.28. The molecule has 1 aliphatic carbocycles. The minimum absolute atomic E-state index is 0.204. The number of unbranched alkanes of at least 4 members (excludes halogenated alkanes) is 2. The molecule has 3 heteroatoms. The maximum absolute atomic E-state index is 12.7. The molecule has 21 heavy (non-hydrogen) atoms. The summed E-state index contributed by atoms with van der Waals surface area (Å²) in [6.45, 7) is 2.23. The average Bonchev–Trinajstić information content (AvgIpc) is 2.48. The Morgan fingerprint density at radius 1 is 1.33 bits per heavy atom. The molecule has 1 aromatic carbocycles. The highest BCUT2D eigenvalue weighted by molar-refractivity contribution is 6.31. The number of aromatic nitrogens is 1. The lowest BCUT2D eigenvalue weighted by molar-refractivity contribution is 0.482. The molecule has 112 valence electrons. The first-order valence-corrected chi connectivity index (χ1v) is 8.42. The van der Waals surface area contributed by atoms with Crippen molar-refractivity contribution in [2.45, 2.75) is 57.8 Å². The molecule has 0 bridgehead atoms. The van der Waals surface area contributed by atoms with Crippen LogP contribution in [0.3, 0.4) is 0 Å². The van der Waals surface area contributed by atoms with Crippen LogP contribution in [0.2, 0.25) is 5.02 Å². The van der Waals surface area contributed by atoms with Crippen molar-refractivity contribution in [1.29, 1.82) is 0 Å². The fraction of sp³-hybridized carbons (Fsp3) is 0.500. The molecule has 1 N–H and O–H groups in total. The Hall–Kier alpha value is -1.28. The van der Waals surface area contributed by atoms with Gasteiger partial charge in [0, 0.05) is 21.7 Å². The van der Waals surface area contributed by atoms with Crippen LogP contribution in [0.5, 0.6) is 0 Å². The second kappa shape index (κ2) is 6.23. The number of benzene rings is 1. The monoisotopic (exact) mass is 303 g/mol. The Bertz CT molecular complexity index is 704. The van der Waals surface area contributed by atoms with E-state index in [0.717, 1.165) is 29.3 Å². The molecule has 0 radical (unpaired) electrons. The van der Waals surface area contributed by atoms with Crippen molar-refractivity contribution in [3.8, 4) is 0 Å². The highest BCUT2D eigenvalue weighted by Crippen LogP contribution is 2.34. The van der Waals surface area contributed by atoms with E-state index in [9.17, 15) is 4.79 Å². The third-order valence-corrected chi connectivity index (χ3v) is 4.87. The molecule has 0 saturated heterocycles. The maximum Gasteiger partial charge on any atom is 0.192 e. The molecule has 1 aliphatic rings. The summed E-state index contributed by atoms with van der Waals surface area (Å²) in [7, 11) is 0. The van der Waals surface area contributed by atoms with Crippen molar-refractivity contribution in [3.05, 3.63) is 44.7 Å². The van der Waals surface area contributed by atoms with Crippen LogP contribution in [0.4, 0.5) is 0 Å². The van der Waals surface area contributed by atoms with Crippen molar-refractivity contribution < 1.29 is 0 Å². The SMILES string of the molecule is CCCCC[C@H]1CCCc2c1[nH]c1cc(Cl)ccc1c2=O. The number of pyridine rings is 1. The van der Waals surface area contributed by atoms with Gasteiger partial charge in [-0.25, -0.2) is 0 Å². The van der Waals surface area contributed by atoms with E-state index >= 15 is 0 Å². The first kappa shape index (κ1) is 14.6. The van der Waals surface area contributed by atoms with Gasteiger partial charge in [-0.1, -0.05) is 37.8 Å². The first-order valence-electron chi connectivity index (χ1n) is 8.05. The second-order valence-corrected chi connectivity index (χ2v) is 6.56. The van der Waals surface area contributed by atoms with E-state index in [1.165, 1.54) is 37.8 Å². The quantitative estimate of drug-likeness (QED) is 0.775. The molecule has 0 amide bonds. The van der Waals surface area contributed by atoms with Crippen molar-refractivity contribution in [2.24, 2.45) is 0 Å². The highest BCUT2D eigenvalue weighted by Gasteiger charge is 2.23. The summed E-state index contributed by atoms with van der Waals surface area (Å²) in [6, 6.07) is 5.51. The lowest BCUT2D eigenvalue weighted by atomic mass is 9.82. The van der Waals surface area contributed by atoms with E-state index in [0.29, 0.717) is 10.9 Å². The number of hydrogen-bond donors (Lipinski definition) is 1. The summed E-state index contributed by atoms with van der Waals surface area (Å²) in [6.07, 6.45) is 8.18. The van der Waals surface area contributed by atoms with E-state index in [2.05, 4.69) is 11.9 Å². The first-order chi connectivity index (χ1) is 10.2. The lowest BCUT2D eigenvalue weighted by Gasteiger charge is -2.25. The van der Waals surface area contributed by atoms with Gasteiger partial charge in [-0.15, -0.1) is 0 Å². The van der Waals surface area contributed by atoms with Crippen LogP contribution in [0.15, 0.2) is 23.0 Å². The van der Waals surface area contributed by atoms with Crippen molar-refractivity contribution in [3.63, 3.8) is 0 Å². The van der Waals surface area contributed by atoms with Crippen LogP contribution >= 0.6 is 11.6 Å². The van der Waals surface area contributed by atoms with Gasteiger partial charge in [0.05, 0.1) is 5.52 Å². The third-order valence-electron chi connectivity index (χ3n) is 4.64. The van der Waals surface area contributed by atoms with Crippen LogP contribution in [0.25, 0.3) is 10.9 Å². The fourth-order valence-corrected chi connectivity index (χ4v) is 3.69. The molecule has 2 nitrogen and oxygen atoms in total. The highest BCUT2D eigenvalue weighted by atomic mass is 35.5. The van der Waals surface area contributed by atoms with Gasteiger partial charge in [0.2, 0.25) is 0 Å². The normalized spacial score (nSPS) is 17.9. The van der Waals surface area contributed by atoms with Gasteiger partial charge in [-0.05, 0) is 49.8 Å². The Kier molecular flexibility index (Phi) is 4.34. The van der Waals surface area contributed by atoms with Crippen molar-refractivity contribution in [2.75, 3.05) is 0 Å². The summed E-state index contributed by atoms with van der Waals surface area (Å²) in [5.74, 6) is 0.511. The van der Waals surface area contributed by atoms with Gasteiger partial charge in [-0.3, -0.25) is 4.79 Å². The lowest BCUT2D eigenvalue weighted by Crippen LogP contribution is -2.21. The van der Waals surface area contributed by atoms with Crippen LogP contribution in [0, 0.1) is 0 Å². The molecule has 0 saturated carbocycles. The minimum atomic E-state index is 0.204. The second-order valence-electron chi connectivity index (χ2n) is 6.12. The molecular formula is C18H22ClNO. The van der Waals surface area contributed by atoms with Gasteiger partial charge in [-0.2, -0.15) is 0 Å². The largest absolute Gasteiger partial charge is 0.358 e. The Morgan fingerprint density at radius 3 is 3.00 bits per heavy atom. The molecule has 0 unspecified atom stereocenters. The molecule has 0 spiro atoms. The zero-order valence-corrected chi connectivity index (χ0v) is 13.3. The number of rotatable bonds is 4. The van der Waals surface area contributed by atoms with E-state index in [4.69, 9.17) is 11.6 Å². The van der Waals surface area contributed by atoms with E-state index in [-0.39, 0.29) is 5.43 Å². The van der Waals surface area contributed by atoms with E-state index < -0.39 is 0 Å². The number of halogens is 1. The molecule has 2 aromatic rings. The zero-order chi connectivity index (χ0) is 14.8. The topological polar surface area (TPSA) is 32.9 Å². The third kappa shape index (κ3) is 2.87. The Balaban J connectivity index is 2.05. The summed E-state index contributed by atoms with van der Waals surface area (Å²) in [5, 5.41) is 1.45. The van der Waals surface area contributed by atoms with Crippen molar-refractivity contribution >= 4 is 22.5 Å². The molecule has 0 fully saturated rings. The van der Waals surface area contributed by atoms with Gasteiger partial charge in [0.15, 0.2) is 5.43 Å². The molecular weight excluding hydrogens is 282 g/mol. The Morgan fingerprint density at radius 2 is 2.19 bits per heavy atom. The summed E-state index contributed by atoms with van der Waals surface area (Å²) >= 11 is 6.07. The smallest absolute Gasteiger partial charge is 0.192 e. The zero-order valence-electron chi connectivity index (χ0n) is 12.5. The fourth-order valence-electron chi connectivity index (χ4n) is 3.52. The van der Waals surface area contributed by atoms with Crippen molar-refractivity contribution in [1.82, 2.24) is 4.98 Å². The number of aromatic amines is 1. The molecule has 3 rings (SSSR count). The number of nitrogens with one attached hydrogen (secondary N) is 1. The van der Waals surface area contributed by atoms with Gasteiger partial charge in [0.1, 0.15) is 0 Å². The molecule has 1 atom stereocenters. The average molecular weight is 304 g/mol. The molecule has 1 aromatic heterocycles. The number of H-pyrrole nitrogens is 1. The number of fused-ring (bicyclic) bond motifs is 2. The van der Waals surface area contributed by atoms with E-state index in [1.807, 2.05) is 12.1 Å². The van der Waals surface area contributed by atoms with Gasteiger partial charge in [0.25, 0.3) is 0 Å². The Labute approximate surface area is 130 Å².